The third-order valence-corrected chi connectivity index (χ3v) is 4.91. The van der Waals surface area contributed by atoms with Crippen LogP contribution in [0.4, 0.5) is 5.69 Å². The number of nitrogens with one attached hydrogen (secondary N) is 1. The Hall–Kier alpha value is -1.55. The first-order valence-corrected chi connectivity index (χ1v) is 8.06. The fraction of sp³-hybridized carbons (Fsp3) is 0.588. The normalized spacial score (nSPS) is 27.1. The van der Waals surface area contributed by atoms with E-state index < -0.39 is 0 Å². The van der Waals surface area contributed by atoms with Gasteiger partial charge in [0.25, 0.3) is 0 Å². The Labute approximate surface area is 125 Å². The van der Waals surface area contributed by atoms with Gasteiger partial charge >= 0.3 is 0 Å². The molecule has 2 aliphatic rings. The van der Waals surface area contributed by atoms with Crippen molar-refractivity contribution in [3.8, 4) is 0 Å². The van der Waals surface area contributed by atoms with Crippen LogP contribution in [0.1, 0.15) is 44.4 Å². The van der Waals surface area contributed by atoms with Crippen molar-refractivity contribution in [2.75, 3.05) is 18.9 Å². The topological polar surface area (TPSA) is 41.3 Å². The number of piperidine rings is 1. The fourth-order valence-corrected chi connectivity index (χ4v) is 3.20. The highest BCUT2D eigenvalue weighted by Crippen LogP contribution is 2.40. The number of oxazole rings is 1. The SMILES string of the molecule is CC1CC(Nc2ccc3oc(C4CC4)nc3c2)CCN1C. The number of fused-ring (bicyclic) bond motifs is 1. The fourth-order valence-electron chi connectivity index (χ4n) is 3.20. The minimum absolute atomic E-state index is 0.559. The Morgan fingerprint density at radius 2 is 2.14 bits per heavy atom. The summed E-state index contributed by atoms with van der Waals surface area (Å²) in [4.78, 5) is 7.07. The highest BCUT2D eigenvalue weighted by molar-refractivity contribution is 5.77. The van der Waals surface area contributed by atoms with Crippen LogP contribution in [0.15, 0.2) is 22.6 Å². The van der Waals surface area contributed by atoms with Crippen molar-refractivity contribution in [2.24, 2.45) is 0 Å². The van der Waals surface area contributed by atoms with E-state index in [-0.39, 0.29) is 0 Å². The van der Waals surface area contributed by atoms with Crippen molar-refractivity contribution in [3.63, 3.8) is 0 Å². The van der Waals surface area contributed by atoms with E-state index in [1.165, 1.54) is 31.4 Å². The predicted octanol–water partition coefficient (Wildman–Crippen LogP) is 3.60. The Morgan fingerprint density at radius 3 is 2.90 bits per heavy atom. The van der Waals surface area contributed by atoms with Gasteiger partial charge in [-0.3, -0.25) is 0 Å². The van der Waals surface area contributed by atoms with Gasteiger partial charge < -0.3 is 14.6 Å². The van der Waals surface area contributed by atoms with E-state index in [4.69, 9.17) is 4.42 Å². The highest BCUT2D eigenvalue weighted by atomic mass is 16.3. The lowest BCUT2D eigenvalue weighted by Crippen LogP contribution is -2.42. The first-order valence-electron chi connectivity index (χ1n) is 8.06. The van der Waals surface area contributed by atoms with Crippen LogP contribution in [-0.4, -0.2) is 35.6 Å². The third-order valence-electron chi connectivity index (χ3n) is 4.91. The first-order chi connectivity index (χ1) is 10.2. The summed E-state index contributed by atoms with van der Waals surface area (Å²) in [6.07, 6.45) is 4.85. The Morgan fingerprint density at radius 1 is 1.29 bits per heavy atom. The molecular formula is C17H23N3O. The largest absolute Gasteiger partial charge is 0.440 e. The summed E-state index contributed by atoms with van der Waals surface area (Å²) in [6.45, 7) is 3.47. The lowest BCUT2D eigenvalue weighted by Gasteiger charge is -2.35. The molecule has 1 saturated carbocycles. The van der Waals surface area contributed by atoms with Crippen molar-refractivity contribution in [1.82, 2.24) is 9.88 Å². The van der Waals surface area contributed by atoms with Crippen molar-refractivity contribution in [2.45, 2.75) is 50.6 Å². The maximum Gasteiger partial charge on any atom is 0.198 e. The van der Waals surface area contributed by atoms with E-state index in [1.807, 2.05) is 0 Å². The minimum atomic E-state index is 0.559. The van der Waals surface area contributed by atoms with Crippen LogP contribution in [0, 0.1) is 0 Å². The van der Waals surface area contributed by atoms with Gasteiger partial charge in [-0.25, -0.2) is 4.98 Å². The Balaban J connectivity index is 1.51. The van der Waals surface area contributed by atoms with E-state index >= 15 is 0 Å². The van der Waals surface area contributed by atoms with E-state index in [9.17, 15) is 0 Å². The molecule has 1 aromatic heterocycles. The predicted molar refractivity (Wildman–Crippen MR) is 84.7 cm³/mol. The summed E-state index contributed by atoms with van der Waals surface area (Å²) in [6, 6.07) is 7.51. The number of aromatic nitrogens is 1. The van der Waals surface area contributed by atoms with Gasteiger partial charge in [0.15, 0.2) is 11.5 Å². The average molecular weight is 285 g/mol. The van der Waals surface area contributed by atoms with Gasteiger partial charge in [-0.2, -0.15) is 0 Å². The quantitative estimate of drug-likeness (QED) is 0.935. The summed E-state index contributed by atoms with van der Waals surface area (Å²) in [5, 5.41) is 3.67. The molecule has 2 unspecified atom stereocenters. The van der Waals surface area contributed by atoms with Gasteiger partial charge in [0, 0.05) is 30.2 Å². The molecule has 1 aromatic carbocycles. The maximum atomic E-state index is 5.82. The zero-order valence-electron chi connectivity index (χ0n) is 12.8. The molecule has 21 heavy (non-hydrogen) atoms. The van der Waals surface area contributed by atoms with E-state index in [0.29, 0.717) is 18.0 Å². The molecule has 2 fully saturated rings. The summed E-state index contributed by atoms with van der Waals surface area (Å²) in [5.74, 6) is 1.50. The summed E-state index contributed by atoms with van der Waals surface area (Å²) >= 11 is 0. The zero-order valence-corrected chi connectivity index (χ0v) is 12.8. The lowest BCUT2D eigenvalue weighted by atomic mass is 9.98. The molecule has 112 valence electrons. The molecular weight excluding hydrogens is 262 g/mol. The van der Waals surface area contributed by atoms with Crippen molar-refractivity contribution in [1.29, 1.82) is 0 Å². The van der Waals surface area contributed by atoms with Crippen LogP contribution < -0.4 is 5.32 Å². The lowest BCUT2D eigenvalue weighted by molar-refractivity contribution is 0.190. The molecule has 2 aromatic rings. The molecule has 0 bridgehead atoms. The number of likely N-dealkylation sites (tertiary alicyclic amines) is 1. The number of hydrogen-bond acceptors (Lipinski definition) is 4. The van der Waals surface area contributed by atoms with Crippen LogP contribution in [0.25, 0.3) is 11.1 Å². The standard InChI is InChI=1S/C17H23N3O/c1-11-9-14(7-8-20(11)2)18-13-5-6-16-15(10-13)19-17(21-16)12-3-4-12/h5-6,10-12,14,18H,3-4,7-9H2,1-2H3. The third kappa shape index (κ3) is 2.64. The number of hydrogen-bond donors (Lipinski definition) is 1. The van der Waals surface area contributed by atoms with Gasteiger partial charge in [-0.1, -0.05) is 0 Å². The second-order valence-electron chi connectivity index (χ2n) is 6.70. The zero-order chi connectivity index (χ0) is 14.4. The molecule has 0 radical (unpaired) electrons. The van der Waals surface area contributed by atoms with Crippen LogP contribution in [0.5, 0.6) is 0 Å². The summed E-state index contributed by atoms with van der Waals surface area (Å²) in [5.41, 5.74) is 3.07. The first kappa shape index (κ1) is 13.1. The molecule has 1 aliphatic carbocycles. The second kappa shape index (κ2) is 5.02. The molecule has 2 atom stereocenters. The van der Waals surface area contributed by atoms with Crippen LogP contribution in [0.3, 0.4) is 0 Å². The molecule has 4 rings (SSSR count). The monoisotopic (exact) mass is 285 g/mol. The average Bonchev–Trinajstić information content (AvgIpc) is 3.23. The molecule has 0 amide bonds. The van der Waals surface area contributed by atoms with Crippen molar-refractivity contribution in [3.05, 3.63) is 24.1 Å². The number of benzene rings is 1. The van der Waals surface area contributed by atoms with Crippen LogP contribution in [-0.2, 0) is 0 Å². The molecule has 2 heterocycles. The molecule has 0 spiro atoms. The molecule has 1 N–H and O–H groups in total. The van der Waals surface area contributed by atoms with Gasteiger partial charge in [0.1, 0.15) is 5.52 Å². The number of nitrogens with zero attached hydrogens (tertiary/aromatic N) is 2. The van der Waals surface area contributed by atoms with Crippen molar-refractivity contribution < 1.29 is 4.42 Å². The Kier molecular flexibility index (Phi) is 3.14. The van der Waals surface area contributed by atoms with Crippen LogP contribution >= 0.6 is 0 Å². The van der Waals surface area contributed by atoms with Crippen LogP contribution in [0.2, 0.25) is 0 Å². The maximum absolute atomic E-state index is 5.82. The summed E-state index contributed by atoms with van der Waals surface area (Å²) < 4.78 is 5.82. The Bertz CT molecular complexity index is 647. The molecule has 1 aliphatic heterocycles. The molecule has 4 nitrogen and oxygen atoms in total. The molecule has 4 heteroatoms. The summed E-state index contributed by atoms with van der Waals surface area (Å²) in [7, 11) is 2.21. The second-order valence-corrected chi connectivity index (χ2v) is 6.70. The number of anilines is 1. The number of rotatable bonds is 3. The van der Waals surface area contributed by atoms with Crippen molar-refractivity contribution >= 4 is 16.8 Å². The van der Waals surface area contributed by atoms with E-state index in [2.05, 4.69) is 47.4 Å². The van der Waals surface area contributed by atoms with Gasteiger partial charge in [-0.15, -0.1) is 0 Å². The minimum Gasteiger partial charge on any atom is -0.440 e. The molecule has 1 saturated heterocycles. The van der Waals surface area contributed by atoms with E-state index in [1.54, 1.807) is 0 Å². The van der Waals surface area contributed by atoms with Gasteiger partial charge in [-0.05, 0) is 57.9 Å². The van der Waals surface area contributed by atoms with E-state index in [0.717, 1.165) is 23.5 Å². The van der Waals surface area contributed by atoms with Gasteiger partial charge in [0.05, 0.1) is 0 Å². The van der Waals surface area contributed by atoms with Gasteiger partial charge in [0.2, 0.25) is 0 Å². The smallest absolute Gasteiger partial charge is 0.198 e. The highest BCUT2D eigenvalue weighted by Gasteiger charge is 2.29.